The number of carbonyl (C=O) groups is 2. The summed E-state index contributed by atoms with van der Waals surface area (Å²) >= 11 is 0. The Bertz CT molecular complexity index is 1420. The van der Waals surface area contributed by atoms with E-state index >= 15 is 0 Å². The fourth-order valence-electron chi connectivity index (χ4n) is 8.27. The van der Waals surface area contributed by atoms with Gasteiger partial charge in [0.25, 0.3) is 0 Å². The van der Waals surface area contributed by atoms with E-state index in [9.17, 15) is 14.4 Å². The first kappa shape index (κ1) is 24.2. The second kappa shape index (κ2) is 6.84. The molecule has 196 valence electrons. The molecular weight excluding hydrogens is 476 g/mol. The molecule has 2 aromatic rings. The van der Waals surface area contributed by atoms with Crippen LogP contribution in [0.4, 0.5) is 0 Å². The normalized spacial score (nSPS) is 38.8. The van der Waals surface area contributed by atoms with Gasteiger partial charge in [-0.2, -0.15) is 0 Å². The van der Waals surface area contributed by atoms with Gasteiger partial charge in [-0.3, -0.25) is 4.79 Å². The van der Waals surface area contributed by atoms with Crippen LogP contribution in [0.15, 0.2) is 39.5 Å². The lowest BCUT2D eigenvalue weighted by Gasteiger charge is -2.65. The molecule has 1 spiro atoms. The minimum atomic E-state index is -1.71. The lowest BCUT2D eigenvalue weighted by Crippen LogP contribution is -2.74. The van der Waals surface area contributed by atoms with E-state index in [0.29, 0.717) is 35.7 Å². The molecule has 8 nitrogen and oxygen atoms in total. The largest absolute Gasteiger partial charge is 0.497 e. The van der Waals surface area contributed by atoms with Crippen LogP contribution < -0.4 is 15.1 Å². The molecule has 3 fully saturated rings. The molecule has 0 amide bonds. The highest BCUT2D eigenvalue weighted by atomic mass is 16.6. The van der Waals surface area contributed by atoms with Gasteiger partial charge >= 0.3 is 11.6 Å². The van der Waals surface area contributed by atoms with Crippen molar-refractivity contribution in [1.82, 2.24) is 0 Å². The fourth-order valence-corrected chi connectivity index (χ4v) is 8.27. The van der Waals surface area contributed by atoms with Crippen LogP contribution in [0.3, 0.4) is 0 Å². The van der Waals surface area contributed by atoms with Gasteiger partial charge in [0, 0.05) is 24.2 Å². The molecule has 37 heavy (non-hydrogen) atoms. The molecule has 2 aliphatic heterocycles. The van der Waals surface area contributed by atoms with Crippen molar-refractivity contribution in [3.8, 4) is 22.8 Å². The molecule has 2 aliphatic carbocycles. The van der Waals surface area contributed by atoms with Crippen LogP contribution in [0.1, 0.15) is 53.0 Å². The quantitative estimate of drug-likeness (QED) is 0.451. The number of Topliss-reactive ketones (excluding diaryl/α,β-unsaturated/α-hetero) is 1. The van der Waals surface area contributed by atoms with Crippen LogP contribution in [-0.4, -0.2) is 42.8 Å². The van der Waals surface area contributed by atoms with E-state index in [-0.39, 0.29) is 12.2 Å². The van der Waals surface area contributed by atoms with Gasteiger partial charge in [-0.05, 0) is 57.4 Å². The predicted molar refractivity (Wildman–Crippen MR) is 133 cm³/mol. The molecule has 4 aliphatic rings. The van der Waals surface area contributed by atoms with Gasteiger partial charge in [0.05, 0.1) is 23.5 Å². The van der Waals surface area contributed by atoms with Crippen LogP contribution in [0.25, 0.3) is 11.3 Å². The van der Waals surface area contributed by atoms with Crippen LogP contribution in [0.2, 0.25) is 0 Å². The zero-order valence-corrected chi connectivity index (χ0v) is 22.3. The Balaban J connectivity index is 1.51. The van der Waals surface area contributed by atoms with E-state index in [2.05, 4.69) is 0 Å². The number of fused-ring (bicyclic) bond motifs is 4. The van der Waals surface area contributed by atoms with E-state index in [1.54, 1.807) is 25.3 Å². The third-order valence-electron chi connectivity index (χ3n) is 10.8. The molecular formula is C29H32O8. The van der Waals surface area contributed by atoms with Gasteiger partial charge in [-0.25, -0.2) is 9.59 Å². The molecule has 8 heteroatoms. The summed E-state index contributed by atoms with van der Waals surface area (Å²) < 4.78 is 29.6. The lowest BCUT2D eigenvalue weighted by atomic mass is 9.42. The Labute approximate surface area is 215 Å². The average Bonchev–Trinajstić information content (AvgIpc) is 3.10. The zero-order valence-electron chi connectivity index (χ0n) is 22.3. The predicted octanol–water partition coefficient (Wildman–Crippen LogP) is 4.11. The molecule has 1 aromatic heterocycles. The molecule has 0 N–H and O–H groups in total. The number of benzene rings is 1. The second-order valence-corrected chi connectivity index (χ2v) is 12.0. The molecule has 6 rings (SSSR count). The monoisotopic (exact) mass is 508 g/mol. The fraction of sp³-hybridized carbons (Fsp3) is 0.552. The minimum absolute atomic E-state index is 0.238. The van der Waals surface area contributed by atoms with E-state index < -0.39 is 44.6 Å². The van der Waals surface area contributed by atoms with Crippen molar-refractivity contribution in [3.63, 3.8) is 0 Å². The lowest BCUT2D eigenvalue weighted by molar-refractivity contribution is -0.253. The molecule has 3 heterocycles. The minimum Gasteiger partial charge on any atom is -0.497 e. The highest BCUT2D eigenvalue weighted by Gasteiger charge is 2.93. The van der Waals surface area contributed by atoms with Crippen molar-refractivity contribution in [2.75, 3.05) is 14.2 Å². The number of carbonyl (C=O) groups excluding carboxylic acids is 2. The summed E-state index contributed by atoms with van der Waals surface area (Å²) in [5.41, 5.74) is -6.01. The van der Waals surface area contributed by atoms with E-state index in [1.165, 1.54) is 7.11 Å². The Morgan fingerprint density at radius 3 is 2.19 bits per heavy atom. The third kappa shape index (κ3) is 2.29. The highest BCUT2D eigenvalue weighted by Crippen LogP contribution is 2.78. The summed E-state index contributed by atoms with van der Waals surface area (Å²) in [4.78, 5) is 40.9. The SMILES string of the molecule is COc1ccc(-c2cc3c(c(=O)o2)C[C@]2(C)[C@@]4(C)C(=O)[C@@]5(OC)C(=O)O[C@]4(CC[C@@]2(C)O3)C5(C)C)cc1. The topological polar surface area (TPSA) is 101 Å². The van der Waals surface area contributed by atoms with E-state index in [0.717, 1.165) is 5.56 Å². The number of ether oxygens (including phenoxy) is 4. The maximum absolute atomic E-state index is 14.4. The summed E-state index contributed by atoms with van der Waals surface area (Å²) in [7, 11) is 2.98. The number of esters is 1. The van der Waals surface area contributed by atoms with Crippen molar-refractivity contribution in [2.24, 2.45) is 16.2 Å². The number of ketones is 1. The summed E-state index contributed by atoms with van der Waals surface area (Å²) in [6, 6.07) is 8.98. The van der Waals surface area contributed by atoms with Gasteiger partial charge in [0.1, 0.15) is 28.5 Å². The Kier molecular flexibility index (Phi) is 4.48. The van der Waals surface area contributed by atoms with Gasteiger partial charge in [0.15, 0.2) is 5.78 Å². The summed E-state index contributed by atoms with van der Waals surface area (Å²) in [5.74, 6) is 0.608. The molecule has 0 unspecified atom stereocenters. The van der Waals surface area contributed by atoms with Crippen molar-refractivity contribution in [2.45, 2.75) is 70.7 Å². The number of hydrogen-bond donors (Lipinski definition) is 0. The number of hydrogen-bond acceptors (Lipinski definition) is 8. The zero-order chi connectivity index (χ0) is 26.8. The first-order chi connectivity index (χ1) is 17.3. The summed E-state index contributed by atoms with van der Waals surface area (Å²) in [6.45, 7) is 9.58. The van der Waals surface area contributed by atoms with Crippen molar-refractivity contribution < 1.29 is 33.0 Å². The maximum atomic E-state index is 14.4. The van der Waals surface area contributed by atoms with Crippen LogP contribution in [0.5, 0.6) is 11.5 Å². The van der Waals surface area contributed by atoms with Gasteiger partial charge in [0.2, 0.25) is 5.60 Å². The molecule has 5 atom stereocenters. The third-order valence-corrected chi connectivity index (χ3v) is 10.8. The van der Waals surface area contributed by atoms with Gasteiger partial charge in [-0.1, -0.05) is 20.8 Å². The second-order valence-electron chi connectivity index (χ2n) is 12.0. The Morgan fingerprint density at radius 2 is 1.57 bits per heavy atom. The number of methoxy groups -OCH3 is 2. The van der Waals surface area contributed by atoms with Crippen molar-refractivity contribution in [1.29, 1.82) is 0 Å². The van der Waals surface area contributed by atoms with E-state index in [1.807, 2.05) is 46.8 Å². The van der Waals surface area contributed by atoms with E-state index in [4.69, 9.17) is 23.4 Å². The molecule has 2 saturated carbocycles. The molecule has 2 bridgehead atoms. The summed E-state index contributed by atoms with van der Waals surface area (Å²) in [6.07, 6.45) is 1.20. The smallest absolute Gasteiger partial charge is 0.347 e. The Morgan fingerprint density at radius 1 is 0.892 bits per heavy atom. The first-order valence-corrected chi connectivity index (χ1v) is 12.6. The molecule has 1 saturated heterocycles. The van der Waals surface area contributed by atoms with Gasteiger partial charge in [-0.15, -0.1) is 0 Å². The first-order valence-electron chi connectivity index (χ1n) is 12.6. The van der Waals surface area contributed by atoms with Gasteiger partial charge < -0.3 is 23.4 Å². The maximum Gasteiger partial charge on any atom is 0.347 e. The van der Waals surface area contributed by atoms with Crippen LogP contribution in [0, 0.1) is 16.2 Å². The highest BCUT2D eigenvalue weighted by molar-refractivity contribution is 6.17. The standard InChI is InChI=1S/C29H32O8/c1-24(2)28-13-12-26(4)25(3,27(28,5)22(31)29(24,34-7)23(32)37-28)15-18-20(36-26)14-19(35-21(18)30)16-8-10-17(33-6)11-9-16/h8-11,14H,12-13,15H2,1-7H3/t25-,26+,27+,28+,29+/m0/s1. The van der Waals surface area contributed by atoms with Crippen LogP contribution in [-0.2, 0) is 25.5 Å². The number of rotatable bonds is 3. The Hall–Kier alpha value is -3.13. The van der Waals surface area contributed by atoms with Crippen LogP contribution >= 0.6 is 0 Å². The summed E-state index contributed by atoms with van der Waals surface area (Å²) in [5, 5.41) is 0. The molecule has 0 radical (unpaired) electrons. The molecule has 1 aromatic carbocycles. The average molecular weight is 509 g/mol. The van der Waals surface area contributed by atoms with Crippen molar-refractivity contribution in [3.05, 3.63) is 46.3 Å². The van der Waals surface area contributed by atoms with Crippen molar-refractivity contribution >= 4 is 11.8 Å².